The van der Waals surface area contributed by atoms with Gasteiger partial charge in [-0.25, -0.2) is 33.1 Å². The molecule has 0 saturated heterocycles. The number of benzene rings is 1. The van der Waals surface area contributed by atoms with Gasteiger partial charge in [-0.05, 0) is 38.1 Å². The van der Waals surface area contributed by atoms with Crippen LogP contribution >= 0.6 is 11.8 Å². The number of rotatable bonds is 4. The van der Waals surface area contributed by atoms with Crippen LogP contribution < -0.4 is 11.1 Å². The molecule has 33 heavy (non-hydrogen) atoms. The molecular weight excluding hydrogens is 455 g/mol. The summed E-state index contributed by atoms with van der Waals surface area (Å²) in [6.45, 7) is 1.35. The fourth-order valence-corrected chi connectivity index (χ4v) is 4.77. The van der Waals surface area contributed by atoms with E-state index in [1.54, 1.807) is 0 Å². The number of aliphatic hydroxyl groups is 1. The van der Waals surface area contributed by atoms with E-state index >= 15 is 8.78 Å². The Morgan fingerprint density at radius 1 is 1.21 bits per heavy atom. The molecule has 0 aliphatic carbocycles. The molecule has 3 heterocycles. The molecule has 0 bridgehead atoms. The summed E-state index contributed by atoms with van der Waals surface area (Å²) in [5.41, 5.74) is 4.30. The molecule has 2 atom stereocenters. The zero-order valence-corrected chi connectivity index (χ0v) is 18.3. The Balaban J connectivity index is 1.81. The zero-order chi connectivity index (χ0) is 24.0. The Morgan fingerprint density at radius 2 is 1.97 bits per heavy atom. The third-order valence-corrected chi connectivity index (χ3v) is 6.74. The predicted molar refractivity (Wildman–Crippen MR) is 119 cm³/mol. The van der Waals surface area contributed by atoms with Gasteiger partial charge in [0.25, 0.3) is 5.92 Å². The van der Waals surface area contributed by atoms with Gasteiger partial charge in [-0.1, -0.05) is 11.8 Å². The average molecular weight is 473 g/mol. The fraction of sp³-hybridized carbons (Fsp3) is 0.286. The molecule has 1 aliphatic rings. The molecule has 0 radical (unpaired) electrons. The number of fused-ring (bicyclic) bond motifs is 1. The highest BCUT2D eigenvalue weighted by Crippen LogP contribution is 2.56. The molecular formula is C21H18F3N7OS. The quantitative estimate of drug-likeness (QED) is 0.525. The summed E-state index contributed by atoms with van der Waals surface area (Å²) in [7, 11) is 0. The second-order valence-corrected chi connectivity index (χ2v) is 9.36. The number of nitrogens with zero attached hydrogens (tertiary/aromatic N) is 5. The summed E-state index contributed by atoms with van der Waals surface area (Å²) in [4.78, 5) is 16.3. The van der Waals surface area contributed by atoms with E-state index in [-0.39, 0.29) is 16.7 Å². The minimum Gasteiger partial charge on any atom is -0.395 e. The highest BCUT2D eigenvalue weighted by molar-refractivity contribution is 8.15. The zero-order valence-electron chi connectivity index (χ0n) is 17.5. The lowest BCUT2D eigenvalue weighted by atomic mass is 9.79. The van der Waals surface area contributed by atoms with Crippen LogP contribution in [0.2, 0.25) is 0 Å². The summed E-state index contributed by atoms with van der Waals surface area (Å²) in [6, 6.07) is 7.08. The number of aliphatic imine (C=N–C) groups is 1. The van der Waals surface area contributed by atoms with Crippen molar-refractivity contribution in [1.82, 2.24) is 15.0 Å². The summed E-state index contributed by atoms with van der Waals surface area (Å²) < 4.78 is 44.1. The maximum atomic E-state index is 15.6. The van der Waals surface area contributed by atoms with Crippen molar-refractivity contribution in [3.05, 3.63) is 53.7 Å². The van der Waals surface area contributed by atoms with Crippen LogP contribution in [-0.2, 0) is 5.54 Å². The number of nitriles is 1. The number of pyridine rings is 1. The molecule has 0 unspecified atom stereocenters. The second kappa shape index (κ2) is 7.86. The lowest BCUT2D eigenvalue weighted by molar-refractivity contribution is -0.111. The molecule has 4 rings (SSSR count). The van der Waals surface area contributed by atoms with E-state index in [4.69, 9.17) is 11.0 Å². The van der Waals surface area contributed by atoms with Gasteiger partial charge in [0.05, 0.1) is 17.7 Å². The molecule has 0 spiro atoms. The van der Waals surface area contributed by atoms with Crippen LogP contribution in [0, 0.1) is 17.1 Å². The van der Waals surface area contributed by atoms with Crippen molar-refractivity contribution in [1.29, 1.82) is 5.26 Å². The van der Waals surface area contributed by atoms with Crippen molar-refractivity contribution < 1.29 is 18.3 Å². The molecule has 1 aromatic carbocycles. The number of thioether (sulfide) groups is 1. The third-order valence-electron chi connectivity index (χ3n) is 5.60. The molecule has 3 aromatic rings. The smallest absolute Gasteiger partial charge is 0.293 e. The lowest BCUT2D eigenvalue weighted by Gasteiger charge is -2.47. The first-order valence-corrected chi connectivity index (χ1v) is 10.5. The largest absolute Gasteiger partial charge is 0.395 e. The molecule has 4 N–H and O–H groups in total. The monoisotopic (exact) mass is 473 g/mol. The molecule has 1 aliphatic heterocycles. The normalized spacial score (nSPS) is 24.2. The van der Waals surface area contributed by atoms with Crippen molar-refractivity contribution in [2.24, 2.45) is 10.7 Å². The summed E-state index contributed by atoms with van der Waals surface area (Å²) >= 11 is 0.551. The van der Waals surface area contributed by atoms with Crippen LogP contribution in [0.3, 0.4) is 0 Å². The van der Waals surface area contributed by atoms with Crippen molar-refractivity contribution >= 4 is 39.5 Å². The molecule has 0 fully saturated rings. The number of hydrogen-bond donors (Lipinski definition) is 3. The number of anilines is 2. The van der Waals surface area contributed by atoms with Crippen molar-refractivity contribution in [2.45, 2.75) is 30.1 Å². The summed E-state index contributed by atoms with van der Waals surface area (Å²) in [5, 5.41) is 21.5. The van der Waals surface area contributed by atoms with Gasteiger partial charge in [-0.2, -0.15) is 5.26 Å². The Bertz CT molecular complexity index is 1330. The van der Waals surface area contributed by atoms with Crippen molar-refractivity contribution in [2.75, 3.05) is 11.9 Å². The number of halogens is 3. The van der Waals surface area contributed by atoms with Gasteiger partial charge >= 0.3 is 0 Å². The Hall–Kier alpha value is -3.43. The first kappa shape index (κ1) is 22.8. The van der Waals surface area contributed by atoms with Crippen LogP contribution in [0.1, 0.15) is 25.0 Å². The van der Waals surface area contributed by atoms with Crippen LogP contribution in [-0.4, -0.2) is 42.5 Å². The molecule has 2 aromatic heterocycles. The summed E-state index contributed by atoms with van der Waals surface area (Å²) in [5.74, 6) is -4.32. The molecule has 170 valence electrons. The van der Waals surface area contributed by atoms with Gasteiger partial charge in [0, 0.05) is 17.4 Å². The minimum absolute atomic E-state index is 0.183. The number of amidine groups is 1. The topological polar surface area (TPSA) is 133 Å². The van der Waals surface area contributed by atoms with Gasteiger partial charge < -0.3 is 16.2 Å². The van der Waals surface area contributed by atoms with E-state index in [0.717, 1.165) is 19.9 Å². The SMILES string of the molecule is C[C@@]1(CO)SC(N)=N[C@](C)(c2cc(Nc3ncnc4cc(C#N)cnc34)ccc2F)C1(F)F. The third kappa shape index (κ3) is 3.53. The van der Waals surface area contributed by atoms with E-state index in [1.165, 1.54) is 30.7 Å². The second-order valence-electron chi connectivity index (χ2n) is 7.83. The Kier molecular flexibility index (Phi) is 5.42. The maximum absolute atomic E-state index is 15.6. The van der Waals surface area contributed by atoms with E-state index in [2.05, 4.69) is 25.3 Å². The van der Waals surface area contributed by atoms with Crippen molar-refractivity contribution in [3.8, 4) is 6.07 Å². The standard InChI is InChI=1S/C21H18F3N7OS/c1-19(9-32)21(23,24)20(2,31-18(26)33-19)13-6-12(3-4-14(13)22)30-17-16-15(28-10-29-17)5-11(7-25)8-27-16/h3-6,8,10,32H,9H2,1-2H3,(H2,26,31)(H,28,29,30)/t19-,20+/m0/s1. The van der Waals surface area contributed by atoms with E-state index in [0.29, 0.717) is 28.4 Å². The van der Waals surface area contributed by atoms with Gasteiger partial charge in [-0.3, -0.25) is 0 Å². The highest BCUT2D eigenvalue weighted by atomic mass is 32.2. The van der Waals surface area contributed by atoms with Crippen LogP contribution in [0.5, 0.6) is 0 Å². The number of hydrogen-bond acceptors (Lipinski definition) is 9. The predicted octanol–water partition coefficient (Wildman–Crippen LogP) is 3.44. The highest BCUT2D eigenvalue weighted by Gasteiger charge is 2.66. The lowest BCUT2D eigenvalue weighted by Crippen LogP contribution is -2.61. The molecule has 0 saturated carbocycles. The van der Waals surface area contributed by atoms with Crippen LogP contribution in [0.15, 0.2) is 41.8 Å². The first-order valence-electron chi connectivity index (χ1n) is 9.65. The number of nitrogens with two attached hydrogens (primary N) is 1. The van der Waals surface area contributed by atoms with E-state index < -0.39 is 34.2 Å². The molecule has 0 amide bonds. The number of alkyl halides is 2. The summed E-state index contributed by atoms with van der Waals surface area (Å²) in [6.07, 6.45) is 2.60. The molecule has 12 heteroatoms. The molecule has 8 nitrogen and oxygen atoms in total. The van der Waals surface area contributed by atoms with Crippen LogP contribution in [0.4, 0.5) is 24.7 Å². The number of aromatic nitrogens is 3. The van der Waals surface area contributed by atoms with Gasteiger partial charge in [0.2, 0.25) is 0 Å². The van der Waals surface area contributed by atoms with Gasteiger partial charge in [0.1, 0.15) is 28.5 Å². The number of nitrogens with one attached hydrogen (secondary N) is 1. The Labute approximate surface area is 190 Å². The van der Waals surface area contributed by atoms with E-state index in [9.17, 15) is 9.50 Å². The fourth-order valence-electron chi connectivity index (χ4n) is 3.69. The minimum atomic E-state index is -3.65. The average Bonchev–Trinajstić information content (AvgIpc) is 2.78. The van der Waals surface area contributed by atoms with Crippen LogP contribution in [0.25, 0.3) is 11.0 Å². The van der Waals surface area contributed by atoms with Gasteiger partial charge in [-0.15, -0.1) is 0 Å². The number of aliphatic hydroxyl groups excluding tert-OH is 1. The van der Waals surface area contributed by atoms with E-state index in [1.807, 2.05) is 6.07 Å². The Morgan fingerprint density at radius 3 is 2.67 bits per heavy atom. The van der Waals surface area contributed by atoms with Crippen molar-refractivity contribution in [3.63, 3.8) is 0 Å². The maximum Gasteiger partial charge on any atom is 0.293 e. The first-order chi connectivity index (χ1) is 15.5. The van der Waals surface area contributed by atoms with Gasteiger partial charge in [0.15, 0.2) is 16.5 Å².